The molecule has 6 nitrogen and oxygen atoms in total. The van der Waals surface area contributed by atoms with Crippen molar-refractivity contribution >= 4 is 26.9 Å². The zero-order valence-electron chi connectivity index (χ0n) is 12.0. The Morgan fingerprint density at radius 3 is 2.32 bits per heavy atom. The molecule has 22 heavy (non-hydrogen) atoms. The molecule has 0 spiro atoms. The highest BCUT2D eigenvalue weighted by atomic mass is 32.2. The van der Waals surface area contributed by atoms with Crippen LogP contribution in [0.25, 0.3) is 0 Å². The van der Waals surface area contributed by atoms with Crippen LogP contribution >= 0.6 is 0 Å². The summed E-state index contributed by atoms with van der Waals surface area (Å²) in [6.07, 6.45) is 1.65. The molecule has 0 atom stereocenters. The number of sulfone groups is 1. The number of nitrogens with zero attached hydrogens (tertiary/aromatic N) is 1. The van der Waals surface area contributed by atoms with E-state index in [9.17, 15) is 18.5 Å². The van der Waals surface area contributed by atoms with E-state index in [1.54, 1.807) is 30.3 Å². The van der Waals surface area contributed by atoms with Crippen molar-refractivity contribution in [3.8, 4) is 0 Å². The Bertz CT molecular complexity index is 770. The molecule has 2 aromatic carbocycles. The van der Waals surface area contributed by atoms with E-state index in [2.05, 4.69) is 5.32 Å². The number of benzene rings is 2. The van der Waals surface area contributed by atoms with Crippen molar-refractivity contribution < 1.29 is 13.3 Å². The quantitative estimate of drug-likeness (QED) is 0.653. The van der Waals surface area contributed by atoms with Crippen LogP contribution in [0, 0.1) is 10.1 Å². The lowest BCUT2D eigenvalue weighted by Gasteiger charge is -2.08. The summed E-state index contributed by atoms with van der Waals surface area (Å²) in [6, 6.07) is 13.6. The molecule has 2 rings (SSSR count). The highest BCUT2D eigenvalue weighted by molar-refractivity contribution is 7.90. The van der Waals surface area contributed by atoms with Gasteiger partial charge >= 0.3 is 0 Å². The van der Waals surface area contributed by atoms with E-state index in [1.165, 1.54) is 12.3 Å². The van der Waals surface area contributed by atoms with Gasteiger partial charge in [-0.25, -0.2) is 8.42 Å². The van der Waals surface area contributed by atoms with Gasteiger partial charge in [-0.2, -0.15) is 0 Å². The van der Waals surface area contributed by atoms with Gasteiger partial charge in [0.2, 0.25) is 0 Å². The molecule has 2 aromatic rings. The molecule has 1 N–H and O–H groups in total. The molecule has 0 aliphatic rings. The number of aryl methyl sites for hydroxylation is 1. The van der Waals surface area contributed by atoms with Gasteiger partial charge in [0.15, 0.2) is 0 Å². The summed E-state index contributed by atoms with van der Waals surface area (Å²) in [5, 5.41) is 13.9. The number of anilines is 2. The molecule has 0 unspecified atom stereocenters. The molecule has 0 amide bonds. The minimum absolute atomic E-state index is 0.00338. The Morgan fingerprint density at radius 1 is 1.09 bits per heavy atom. The SMILES string of the molecule is CS(=O)(=O)CCc1ccc(Nc2ccccc2[N+](=O)[O-])cc1. The number of para-hydroxylation sites is 2. The predicted molar refractivity (Wildman–Crippen MR) is 86.2 cm³/mol. The molecule has 7 heteroatoms. The van der Waals surface area contributed by atoms with Gasteiger partial charge in [-0.1, -0.05) is 24.3 Å². The first-order valence-corrected chi connectivity index (χ1v) is 8.68. The third-order valence-electron chi connectivity index (χ3n) is 3.10. The maximum absolute atomic E-state index is 11.1. The molecule has 0 bridgehead atoms. The predicted octanol–water partition coefficient (Wildman–Crippen LogP) is 2.93. The lowest BCUT2D eigenvalue weighted by Crippen LogP contribution is -2.05. The second kappa shape index (κ2) is 6.57. The van der Waals surface area contributed by atoms with Crippen molar-refractivity contribution in [2.45, 2.75) is 6.42 Å². The number of nitrogens with one attached hydrogen (secondary N) is 1. The van der Waals surface area contributed by atoms with Crippen molar-refractivity contribution in [3.05, 3.63) is 64.2 Å². The molecule has 0 aliphatic heterocycles. The number of hydrogen-bond donors (Lipinski definition) is 1. The van der Waals surface area contributed by atoms with Gasteiger partial charge in [0, 0.05) is 18.0 Å². The van der Waals surface area contributed by atoms with Gasteiger partial charge in [-0.05, 0) is 30.2 Å². The van der Waals surface area contributed by atoms with Gasteiger partial charge in [0.25, 0.3) is 5.69 Å². The van der Waals surface area contributed by atoms with Crippen LogP contribution in [0.1, 0.15) is 5.56 Å². The molecule has 0 fully saturated rings. The van der Waals surface area contributed by atoms with E-state index in [1.807, 2.05) is 12.1 Å². The maximum Gasteiger partial charge on any atom is 0.292 e. The molecular weight excluding hydrogens is 304 g/mol. The van der Waals surface area contributed by atoms with Crippen LogP contribution < -0.4 is 5.32 Å². The Hall–Kier alpha value is -2.41. The summed E-state index contributed by atoms with van der Waals surface area (Å²) in [5.74, 6) is 0.101. The van der Waals surface area contributed by atoms with E-state index < -0.39 is 14.8 Å². The minimum Gasteiger partial charge on any atom is -0.350 e. The summed E-state index contributed by atoms with van der Waals surface area (Å²) in [6.45, 7) is 0. The molecule has 0 aromatic heterocycles. The van der Waals surface area contributed by atoms with Gasteiger partial charge in [0.05, 0.1) is 10.7 Å². The van der Waals surface area contributed by atoms with Gasteiger partial charge in [-0.3, -0.25) is 10.1 Å². The lowest BCUT2D eigenvalue weighted by atomic mass is 10.1. The molecule has 0 heterocycles. The highest BCUT2D eigenvalue weighted by Crippen LogP contribution is 2.27. The number of hydrogen-bond acceptors (Lipinski definition) is 5. The maximum atomic E-state index is 11.1. The fourth-order valence-corrected chi connectivity index (χ4v) is 2.56. The van der Waals surface area contributed by atoms with E-state index in [-0.39, 0.29) is 11.4 Å². The van der Waals surface area contributed by atoms with Gasteiger partial charge < -0.3 is 5.32 Å². The Labute approximate surface area is 128 Å². The summed E-state index contributed by atoms with van der Waals surface area (Å²) < 4.78 is 22.3. The highest BCUT2D eigenvalue weighted by Gasteiger charge is 2.12. The van der Waals surface area contributed by atoms with Crippen LogP contribution in [0.4, 0.5) is 17.1 Å². The standard InChI is InChI=1S/C15H16N2O4S/c1-22(20,21)11-10-12-6-8-13(9-7-12)16-14-4-2-3-5-15(14)17(18)19/h2-9,16H,10-11H2,1H3. The third-order valence-corrected chi connectivity index (χ3v) is 4.04. The average Bonchev–Trinajstić information content (AvgIpc) is 2.46. The van der Waals surface area contributed by atoms with Crippen LogP contribution in [-0.4, -0.2) is 25.3 Å². The number of nitro benzene ring substituents is 1. The van der Waals surface area contributed by atoms with E-state index in [0.717, 1.165) is 5.56 Å². The molecule has 0 aliphatic carbocycles. The zero-order valence-corrected chi connectivity index (χ0v) is 12.8. The second-order valence-corrected chi connectivity index (χ2v) is 7.24. The van der Waals surface area contributed by atoms with Crippen molar-refractivity contribution in [1.29, 1.82) is 0 Å². The summed E-state index contributed by atoms with van der Waals surface area (Å²) in [7, 11) is -2.99. The first kappa shape index (κ1) is 16.0. The van der Waals surface area contributed by atoms with Crippen molar-refractivity contribution in [2.24, 2.45) is 0 Å². The first-order chi connectivity index (χ1) is 10.3. The molecule has 0 saturated carbocycles. The van der Waals surface area contributed by atoms with E-state index >= 15 is 0 Å². The Kier molecular flexibility index (Phi) is 4.77. The Morgan fingerprint density at radius 2 is 1.73 bits per heavy atom. The number of nitro groups is 1. The molecule has 116 valence electrons. The summed E-state index contributed by atoms with van der Waals surface area (Å²) in [4.78, 5) is 10.5. The normalized spacial score (nSPS) is 11.1. The molecular formula is C15H16N2O4S. The fraction of sp³-hybridized carbons (Fsp3) is 0.200. The molecule has 0 radical (unpaired) electrons. The van der Waals surface area contributed by atoms with Crippen molar-refractivity contribution in [3.63, 3.8) is 0 Å². The van der Waals surface area contributed by atoms with Crippen LogP contribution in [-0.2, 0) is 16.3 Å². The number of rotatable bonds is 6. The van der Waals surface area contributed by atoms with Crippen LogP contribution in [0.5, 0.6) is 0 Å². The summed E-state index contributed by atoms with van der Waals surface area (Å²) in [5.41, 5.74) is 2.02. The van der Waals surface area contributed by atoms with E-state index in [4.69, 9.17) is 0 Å². The van der Waals surface area contributed by atoms with E-state index in [0.29, 0.717) is 17.8 Å². The Balaban J connectivity index is 2.10. The van der Waals surface area contributed by atoms with Crippen LogP contribution in [0.3, 0.4) is 0 Å². The smallest absolute Gasteiger partial charge is 0.292 e. The fourth-order valence-electron chi connectivity index (χ4n) is 1.95. The second-order valence-electron chi connectivity index (χ2n) is 4.98. The molecule has 0 saturated heterocycles. The monoisotopic (exact) mass is 320 g/mol. The summed E-state index contributed by atoms with van der Waals surface area (Å²) >= 11 is 0. The topological polar surface area (TPSA) is 89.3 Å². The third kappa shape index (κ3) is 4.56. The van der Waals surface area contributed by atoms with Gasteiger partial charge in [0.1, 0.15) is 15.5 Å². The largest absolute Gasteiger partial charge is 0.350 e. The minimum atomic E-state index is -2.99. The van der Waals surface area contributed by atoms with Crippen molar-refractivity contribution in [1.82, 2.24) is 0 Å². The van der Waals surface area contributed by atoms with Gasteiger partial charge in [-0.15, -0.1) is 0 Å². The zero-order chi connectivity index (χ0) is 16.2. The average molecular weight is 320 g/mol. The van der Waals surface area contributed by atoms with Crippen LogP contribution in [0.15, 0.2) is 48.5 Å². The van der Waals surface area contributed by atoms with Crippen LogP contribution in [0.2, 0.25) is 0 Å². The first-order valence-electron chi connectivity index (χ1n) is 6.62. The lowest BCUT2D eigenvalue weighted by molar-refractivity contribution is -0.383. The van der Waals surface area contributed by atoms with Crippen molar-refractivity contribution in [2.75, 3.05) is 17.3 Å².